The minimum absolute atomic E-state index is 0.0607. The number of quaternary nitrogens is 1. The third kappa shape index (κ3) is 35.4. The Kier molecular flexibility index (Phi) is 33.1. The summed E-state index contributed by atoms with van der Waals surface area (Å²) in [6.07, 6.45) is 38.0. The van der Waals surface area contributed by atoms with Gasteiger partial charge in [-0.25, -0.2) is 4.57 Å². The molecule has 3 unspecified atom stereocenters. The first-order valence-corrected chi connectivity index (χ1v) is 22.2. The summed E-state index contributed by atoms with van der Waals surface area (Å²) in [5, 5.41) is 13.8. The van der Waals surface area contributed by atoms with Gasteiger partial charge < -0.3 is 19.8 Å². The zero-order chi connectivity index (χ0) is 37.2. The van der Waals surface area contributed by atoms with Crippen LogP contribution in [0.1, 0.15) is 181 Å². The van der Waals surface area contributed by atoms with Crippen molar-refractivity contribution in [2.24, 2.45) is 0 Å². The van der Waals surface area contributed by atoms with Gasteiger partial charge in [-0.05, 0) is 44.9 Å². The van der Waals surface area contributed by atoms with E-state index in [2.05, 4.69) is 31.3 Å². The topological polar surface area (TPSA) is 105 Å². The van der Waals surface area contributed by atoms with E-state index < -0.39 is 20.0 Å². The number of carbonyl (C=O) groups excluding carboxylic acids is 1. The highest BCUT2D eigenvalue weighted by atomic mass is 31.2. The Bertz CT molecular complexity index is 876. The van der Waals surface area contributed by atoms with Crippen LogP contribution in [0.4, 0.5) is 0 Å². The molecule has 0 fully saturated rings. The minimum atomic E-state index is -4.33. The number of hydrogen-bond acceptors (Lipinski definition) is 5. The maximum absolute atomic E-state index is 12.8. The number of nitrogens with zero attached hydrogens (tertiary/aromatic N) is 1. The van der Waals surface area contributed by atoms with Gasteiger partial charge in [-0.3, -0.25) is 13.8 Å². The lowest BCUT2D eigenvalue weighted by atomic mass is 10.0. The van der Waals surface area contributed by atoms with Crippen molar-refractivity contribution in [3.05, 3.63) is 24.3 Å². The van der Waals surface area contributed by atoms with E-state index in [9.17, 15) is 19.4 Å². The second kappa shape index (κ2) is 33.8. The molecule has 0 aromatic heterocycles. The van der Waals surface area contributed by atoms with Crippen LogP contribution in [0.2, 0.25) is 0 Å². The standard InChI is InChI=1S/C41H81N2O6P/c1-6-8-10-12-14-16-18-20-21-23-25-27-29-31-33-35-41(45)42-39(38-49-50(46,47)48-37-36-43(3,4)5)40(44)34-32-30-28-26-24-22-19-17-15-13-11-9-7-2/h20-21,32,34,39-40,44H,6-19,22-31,33,35-38H2,1-5H3,(H-,42,45,46,47)/p+1/b21-20+,34-32+. The molecule has 3 atom stereocenters. The van der Waals surface area contributed by atoms with E-state index in [0.717, 1.165) is 51.4 Å². The largest absolute Gasteiger partial charge is 0.472 e. The van der Waals surface area contributed by atoms with E-state index in [-0.39, 0.29) is 19.1 Å². The van der Waals surface area contributed by atoms with Crippen molar-refractivity contribution in [1.29, 1.82) is 0 Å². The Morgan fingerprint density at radius 2 is 1.08 bits per heavy atom. The van der Waals surface area contributed by atoms with Gasteiger partial charge in [0.15, 0.2) is 0 Å². The number of aliphatic hydroxyl groups is 1. The molecular formula is C41H82N2O6P+. The molecule has 0 spiro atoms. The number of phosphoric ester groups is 1. The Balaban J connectivity index is 4.50. The number of rotatable bonds is 37. The summed E-state index contributed by atoms with van der Waals surface area (Å²) < 4.78 is 23.5. The number of allylic oxidation sites excluding steroid dienone is 3. The molecule has 0 saturated carbocycles. The van der Waals surface area contributed by atoms with Gasteiger partial charge in [0, 0.05) is 6.42 Å². The Hall–Kier alpha value is -1.02. The zero-order valence-electron chi connectivity index (χ0n) is 33.4. The molecule has 1 amide bonds. The molecule has 0 saturated heterocycles. The second-order valence-electron chi connectivity index (χ2n) is 15.4. The van der Waals surface area contributed by atoms with Crippen molar-refractivity contribution in [2.45, 2.75) is 193 Å². The molecule has 0 aliphatic carbocycles. The molecule has 0 radical (unpaired) electrons. The van der Waals surface area contributed by atoms with Crippen molar-refractivity contribution in [3.8, 4) is 0 Å². The first kappa shape index (κ1) is 49.0. The summed E-state index contributed by atoms with van der Waals surface area (Å²) >= 11 is 0. The average Bonchev–Trinajstić information content (AvgIpc) is 3.06. The fourth-order valence-electron chi connectivity index (χ4n) is 5.80. The molecule has 9 heteroatoms. The highest BCUT2D eigenvalue weighted by Crippen LogP contribution is 2.43. The average molecular weight is 730 g/mol. The van der Waals surface area contributed by atoms with Crippen molar-refractivity contribution in [2.75, 3.05) is 40.9 Å². The van der Waals surface area contributed by atoms with Gasteiger partial charge >= 0.3 is 7.82 Å². The molecule has 0 aromatic rings. The number of aliphatic hydroxyl groups excluding tert-OH is 1. The maximum atomic E-state index is 12.8. The molecule has 50 heavy (non-hydrogen) atoms. The van der Waals surface area contributed by atoms with Crippen molar-refractivity contribution in [1.82, 2.24) is 5.32 Å². The fraction of sp³-hybridized carbons (Fsp3) is 0.878. The van der Waals surface area contributed by atoms with E-state index in [1.807, 2.05) is 27.2 Å². The number of phosphoric acid groups is 1. The van der Waals surface area contributed by atoms with Gasteiger partial charge in [0.25, 0.3) is 0 Å². The summed E-state index contributed by atoms with van der Waals surface area (Å²) in [5.41, 5.74) is 0. The number of likely N-dealkylation sites (N-methyl/N-ethyl adjacent to an activating group) is 1. The molecule has 3 N–H and O–H groups in total. The number of unbranched alkanes of at least 4 members (excludes halogenated alkanes) is 22. The molecular weight excluding hydrogens is 647 g/mol. The molecule has 296 valence electrons. The van der Waals surface area contributed by atoms with E-state index in [1.54, 1.807) is 6.08 Å². The van der Waals surface area contributed by atoms with Crippen LogP contribution in [0.25, 0.3) is 0 Å². The number of amides is 1. The first-order valence-electron chi connectivity index (χ1n) is 20.7. The lowest BCUT2D eigenvalue weighted by molar-refractivity contribution is -0.870. The number of hydrogen-bond donors (Lipinski definition) is 3. The summed E-state index contributed by atoms with van der Waals surface area (Å²) in [7, 11) is 1.57. The maximum Gasteiger partial charge on any atom is 0.472 e. The fourth-order valence-corrected chi connectivity index (χ4v) is 6.53. The highest BCUT2D eigenvalue weighted by molar-refractivity contribution is 7.47. The van der Waals surface area contributed by atoms with Gasteiger partial charge in [0.1, 0.15) is 13.2 Å². The van der Waals surface area contributed by atoms with Gasteiger partial charge in [0.2, 0.25) is 5.91 Å². The van der Waals surface area contributed by atoms with Crippen LogP contribution < -0.4 is 5.32 Å². The quantitative estimate of drug-likeness (QED) is 0.0254. The Morgan fingerprint density at radius 1 is 0.660 bits per heavy atom. The van der Waals surface area contributed by atoms with Gasteiger partial charge in [-0.1, -0.05) is 154 Å². The van der Waals surface area contributed by atoms with Crippen LogP contribution in [0.3, 0.4) is 0 Å². The van der Waals surface area contributed by atoms with E-state index in [4.69, 9.17) is 9.05 Å². The van der Waals surface area contributed by atoms with Gasteiger partial charge in [-0.15, -0.1) is 0 Å². The van der Waals surface area contributed by atoms with Crippen LogP contribution in [0.5, 0.6) is 0 Å². The van der Waals surface area contributed by atoms with E-state index in [0.29, 0.717) is 17.4 Å². The third-order valence-corrected chi connectivity index (χ3v) is 10.1. The summed E-state index contributed by atoms with van der Waals surface area (Å²) in [4.78, 5) is 23.0. The molecule has 0 aromatic carbocycles. The number of nitrogens with one attached hydrogen (secondary N) is 1. The van der Waals surface area contributed by atoms with E-state index >= 15 is 0 Å². The molecule has 0 bridgehead atoms. The van der Waals surface area contributed by atoms with Gasteiger partial charge in [0.05, 0.1) is 39.9 Å². The normalized spacial score (nSPS) is 14.8. The van der Waals surface area contributed by atoms with Crippen LogP contribution in [0.15, 0.2) is 24.3 Å². The van der Waals surface area contributed by atoms with Gasteiger partial charge in [-0.2, -0.15) is 0 Å². The highest BCUT2D eigenvalue weighted by Gasteiger charge is 2.27. The third-order valence-electron chi connectivity index (χ3n) is 9.17. The smallest absolute Gasteiger partial charge is 0.387 e. The monoisotopic (exact) mass is 730 g/mol. The SMILES string of the molecule is CCCCCCCC/C=C/CCCCCCCC(=O)NC(COP(=O)(O)OCC[N+](C)(C)C)C(O)/C=C/CCCCCCCCCCCCC. The summed E-state index contributed by atoms with van der Waals surface area (Å²) in [5.74, 6) is -0.187. The zero-order valence-corrected chi connectivity index (χ0v) is 34.3. The Morgan fingerprint density at radius 3 is 1.54 bits per heavy atom. The van der Waals surface area contributed by atoms with E-state index in [1.165, 1.54) is 109 Å². The first-order chi connectivity index (χ1) is 24.0. The summed E-state index contributed by atoms with van der Waals surface area (Å²) in [6, 6.07) is -0.846. The lowest BCUT2D eigenvalue weighted by Crippen LogP contribution is -2.45. The van der Waals surface area contributed by atoms with Crippen LogP contribution >= 0.6 is 7.82 Å². The molecule has 0 aliphatic rings. The molecule has 0 rings (SSSR count). The predicted octanol–water partition coefficient (Wildman–Crippen LogP) is 11.0. The molecule has 8 nitrogen and oxygen atoms in total. The van der Waals surface area contributed by atoms with Crippen LogP contribution in [0, 0.1) is 0 Å². The summed E-state index contributed by atoms with van der Waals surface area (Å²) in [6.45, 7) is 4.79. The lowest BCUT2D eigenvalue weighted by Gasteiger charge is -2.25. The van der Waals surface area contributed by atoms with Crippen molar-refractivity contribution >= 4 is 13.7 Å². The molecule has 0 heterocycles. The Labute approximate surface area is 309 Å². The van der Waals surface area contributed by atoms with Crippen LogP contribution in [-0.2, 0) is 18.4 Å². The predicted molar refractivity (Wildman–Crippen MR) is 212 cm³/mol. The second-order valence-corrected chi connectivity index (χ2v) is 16.8. The van der Waals surface area contributed by atoms with Crippen molar-refractivity contribution in [3.63, 3.8) is 0 Å². The number of carbonyl (C=O) groups is 1. The molecule has 0 aliphatic heterocycles. The van der Waals surface area contributed by atoms with Crippen molar-refractivity contribution < 1.29 is 32.9 Å². The minimum Gasteiger partial charge on any atom is -0.387 e. The van der Waals surface area contributed by atoms with Crippen LogP contribution in [-0.4, -0.2) is 73.4 Å².